The number of piperazine rings is 1. The number of hydrogen-bond donors (Lipinski definition) is 0. The molecule has 1 aliphatic heterocycles. The van der Waals surface area contributed by atoms with E-state index in [1.165, 1.54) is 0 Å². The average molecular weight is 347 g/mol. The summed E-state index contributed by atoms with van der Waals surface area (Å²) in [6, 6.07) is 7.79. The van der Waals surface area contributed by atoms with Crippen LogP contribution in [0, 0.1) is 0 Å². The van der Waals surface area contributed by atoms with Gasteiger partial charge in [-0.3, -0.25) is 14.5 Å². The maximum absolute atomic E-state index is 12.6. The summed E-state index contributed by atoms with van der Waals surface area (Å²) in [6.45, 7) is 9.25. The van der Waals surface area contributed by atoms with E-state index in [0.717, 1.165) is 11.3 Å². The predicted octanol–water partition coefficient (Wildman–Crippen LogP) is 1.77. The smallest absolute Gasteiger partial charge is 0.236 e. The fourth-order valence-corrected chi connectivity index (χ4v) is 3.38. The molecule has 6 heteroatoms. The molecule has 0 spiro atoms. The highest BCUT2D eigenvalue weighted by atomic mass is 16.5. The molecule has 0 N–H and O–H groups in total. The highest BCUT2D eigenvalue weighted by Crippen LogP contribution is 2.32. The predicted molar refractivity (Wildman–Crippen MR) is 97.5 cm³/mol. The fourth-order valence-electron chi connectivity index (χ4n) is 3.38. The molecular formula is C19H29N3O3. The van der Waals surface area contributed by atoms with Crippen molar-refractivity contribution in [2.24, 2.45) is 0 Å². The van der Waals surface area contributed by atoms with Gasteiger partial charge in [0.25, 0.3) is 0 Å². The van der Waals surface area contributed by atoms with Crippen molar-refractivity contribution in [3.8, 4) is 5.75 Å². The minimum Gasteiger partial charge on any atom is -0.496 e. The number of para-hydroxylation sites is 1. The number of ether oxygens (including phenoxy) is 1. The van der Waals surface area contributed by atoms with E-state index in [-0.39, 0.29) is 17.9 Å². The quantitative estimate of drug-likeness (QED) is 0.787. The molecule has 0 radical (unpaired) electrons. The van der Waals surface area contributed by atoms with Crippen molar-refractivity contribution in [3.05, 3.63) is 29.8 Å². The van der Waals surface area contributed by atoms with Crippen LogP contribution in [0.1, 0.15) is 32.4 Å². The van der Waals surface area contributed by atoms with E-state index in [0.29, 0.717) is 39.3 Å². The van der Waals surface area contributed by atoms with Crippen molar-refractivity contribution in [1.29, 1.82) is 0 Å². The third kappa shape index (κ3) is 4.51. The number of amides is 2. The third-order valence-electron chi connectivity index (χ3n) is 4.89. The number of rotatable bonds is 6. The van der Waals surface area contributed by atoms with E-state index in [2.05, 4.69) is 4.90 Å². The van der Waals surface area contributed by atoms with Crippen molar-refractivity contribution in [2.75, 3.05) is 46.4 Å². The first kappa shape index (κ1) is 19.2. The van der Waals surface area contributed by atoms with E-state index in [1.807, 2.05) is 47.9 Å². The number of likely N-dealkylation sites (N-methyl/N-ethyl adjacent to an activating group) is 1. The number of carbonyl (C=O) groups excluding carboxylic acids is 2. The molecule has 0 aliphatic carbocycles. The highest BCUT2D eigenvalue weighted by molar-refractivity contribution is 5.78. The lowest BCUT2D eigenvalue weighted by Crippen LogP contribution is -2.52. The molecule has 1 aromatic carbocycles. The summed E-state index contributed by atoms with van der Waals surface area (Å²) in [5.41, 5.74) is 1.02. The summed E-state index contributed by atoms with van der Waals surface area (Å²) >= 11 is 0. The molecule has 1 fully saturated rings. The summed E-state index contributed by atoms with van der Waals surface area (Å²) in [5, 5.41) is 0. The summed E-state index contributed by atoms with van der Waals surface area (Å²) < 4.78 is 5.51. The zero-order valence-electron chi connectivity index (χ0n) is 15.7. The van der Waals surface area contributed by atoms with Crippen LogP contribution in [0.4, 0.5) is 0 Å². The molecule has 6 nitrogen and oxygen atoms in total. The normalized spacial score (nSPS) is 18.1. The molecule has 2 amide bonds. The van der Waals surface area contributed by atoms with Crippen molar-refractivity contribution in [1.82, 2.24) is 14.7 Å². The monoisotopic (exact) mass is 347 g/mol. The van der Waals surface area contributed by atoms with Crippen molar-refractivity contribution < 1.29 is 14.3 Å². The first-order valence-corrected chi connectivity index (χ1v) is 8.92. The molecule has 0 bridgehead atoms. The zero-order valence-corrected chi connectivity index (χ0v) is 15.7. The van der Waals surface area contributed by atoms with Crippen LogP contribution in [-0.2, 0) is 9.59 Å². The molecule has 25 heavy (non-hydrogen) atoms. The van der Waals surface area contributed by atoms with Gasteiger partial charge in [-0.1, -0.05) is 18.2 Å². The second kappa shape index (κ2) is 8.85. The second-order valence-corrected chi connectivity index (χ2v) is 6.26. The number of nitrogens with zero attached hydrogens (tertiary/aromatic N) is 3. The van der Waals surface area contributed by atoms with E-state index < -0.39 is 0 Å². The molecule has 0 saturated carbocycles. The molecule has 1 atom stereocenters. The van der Waals surface area contributed by atoms with E-state index in [4.69, 9.17) is 4.74 Å². The van der Waals surface area contributed by atoms with Gasteiger partial charge in [0.2, 0.25) is 11.8 Å². The van der Waals surface area contributed by atoms with E-state index in [1.54, 1.807) is 14.0 Å². The van der Waals surface area contributed by atoms with Crippen molar-refractivity contribution in [2.45, 2.75) is 26.8 Å². The Labute approximate surface area is 150 Å². The van der Waals surface area contributed by atoms with Gasteiger partial charge in [0, 0.05) is 45.2 Å². The van der Waals surface area contributed by atoms with Crippen LogP contribution in [0.2, 0.25) is 0 Å². The average Bonchev–Trinajstić information content (AvgIpc) is 2.62. The molecule has 1 aliphatic rings. The van der Waals surface area contributed by atoms with E-state index in [9.17, 15) is 9.59 Å². The van der Waals surface area contributed by atoms with Gasteiger partial charge in [0.15, 0.2) is 0 Å². The van der Waals surface area contributed by atoms with Crippen molar-refractivity contribution >= 4 is 11.8 Å². The van der Waals surface area contributed by atoms with Gasteiger partial charge in [-0.25, -0.2) is 0 Å². The summed E-state index contributed by atoms with van der Waals surface area (Å²) in [7, 11) is 1.65. The summed E-state index contributed by atoms with van der Waals surface area (Å²) in [5.74, 6) is 0.981. The Hall–Kier alpha value is -2.08. The first-order valence-electron chi connectivity index (χ1n) is 8.92. The Morgan fingerprint density at radius 2 is 1.88 bits per heavy atom. The second-order valence-electron chi connectivity index (χ2n) is 6.26. The van der Waals surface area contributed by atoms with Gasteiger partial charge in [-0.05, 0) is 19.9 Å². The van der Waals surface area contributed by atoms with Gasteiger partial charge in [-0.2, -0.15) is 0 Å². The van der Waals surface area contributed by atoms with Crippen LogP contribution in [0.15, 0.2) is 24.3 Å². The summed E-state index contributed by atoms with van der Waals surface area (Å²) in [4.78, 5) is 30.3. The third-order valence-corrected chi connectivity index (χ3v) is 4.89. The lowest BCUT2D eigenvalue weighted by molar-refractivity contribution is -0.135. The van der Waals surface area contributed by atoms with Gasteiger partial charge in [0.05, 0.1) is 19.7 Å². The van der Waals surface area contributed by atoms with Crippen LogP contribution >= 0.6 is 0 Å². The number of benzene rings is 1. The Kier molecular flexibility index (Phi) is 6.82. The topological polar surface area (TPSA) is 53.1 Å². The van der Waals surface area contributed by atoms with Gasteiger partial charge in [-0.15, -0.1) is 0 Å². The molecule has 2 rings (SSSR count). The van der Waals surface area contributed by atoms with Gasteiger partial charge >= 0.3 is 0 Å². The minimum absolute atomic E-state index is 0.0479. The Morgan fingerprint density at radius 3 is 2.48 bits per heavy atom. The lowest BCUT2D eigenvalue weighted by atomic mass is 10.0. The Bertz CT molecular complexity index is 601. The van der Waals surface area contributed by atoms with Gasteiger partial charge < -0.3 is 14.5 Å². The molecule has 0 unspecified atom stereocenters. The number of carbonyl (C=O) groups is 2. The van der Waals surface area contributed by atoms with Crippen LogP contribution < -0.4 is 4.74 Å². The van der Waals surface area contributed by atoms with Crippen LogP contribution in [0.5, 0.6) is 5.75 Å². The molecule has 1 aromatic rings. The summed E-state index contributed by atoms with van der Waals surface area (Å²) in [6.07, 6.45) is 0. The Morgan fingerprint density at radius 1 is 1.20 bits per heavy atom. The maximum atomic E-state index is 12.6. The maximum Gasteiger partial charge on any atom is 0.236 e. The zero-order chi connectivity index (χ0) is 18.4. The van der Waals surface area contributed by atoms with Crippen LogP contribution in [0.3, 0.4) is 0 Å². The SMILES string of the molecule is CCN(CC)C(=O)CN1CCN(C(C)=O)C[C@H]1c1ccccc1OC. The highest BCUT2D eigenvalue weighted by Gasteiger charge is 2.32. The van der Waals surface area contributed by atoms with E-state index >= 15 is 0 Å². The van der Waals surface area contributed by atoms with Gasteiger partial charge in [0.1, 0.15) is 5.75 Å². The number of hydrogen-bond acceptors (Lipinski definition) is 4. The molecule has 1 saturated heterocycles. The minimum atomic E-state index is -0.0479. The first-order chi connectivity index (χ1) is 12.0. The standard InChI is InChI=1S/C19H29N3O3/c1-5-20(6-2)19(24)14-22-12-11-21(15(3)23)13-17(22)16-9-7-8-10-18(16)25-4/h7-10,17H,5-6,11-14H2,1-4H3/t17-/m0/s1. The molecular weight excluding hydrogens is 318 g/mol. The van der Waals surface area contributed by atoms with Crippen molar-refractivity contribution in [3.63, 3.8) is 0 Å². The molecule has 0 aromatic heterocycles. The molecule has 138 valence electrons. The number of methoxy groups -OCH3 is 1. The largest absolute Gasteiger partial charge is 0.496 e. The fraction of sp³-hybridized carbons (Fsp3) is 0.579. The Balaban J connectivity index is 2.27. The lowest BCUT2D eigenvalue weighted by Gasteiger charge is -2.42. The molecule has 1 heterocycles. The van der Waals surface area contributed by atoms with Crippen LogP contribution in [0.25, 0.3) is 0 Å². The van der Waals surface area contributed by atoms with Crippen LogP contribution in [-0.4, -0.2) is 72.9 Å².